The molecule has 0 spiro atoms. The number of carbonyl (C=O) groups excluding carboxylic acids is 1. The van der Waals surface area contributed by atoms with E-state index in [9.17, 15) is 4.79 Å². The van der Waals surface area contributed by atoms with Crippen molar-refractivity contribution in [2.45, 2.75) is 20.4 Å². The zero-order valence-corrected chi connectivity index (χ0v) is 13.7. The van der Waals surface area contributed by atoms with Crippen molar-refractivity contribution in [2.75, 3.05) is 18.5 Å². The van der Waals surface area contributed by atoms with Crippen LogP contribution < -0.4 is 15.4 Å². The summed E-state index contributed by atoms with van der Waals surface area (Å²) in [6.45, 7) is 5.81. The number of hydrogen-bond donors (Lipinski definition) is 2. The molecule has 122 valence electrons. The largest absolute Gasteiger partial charge is 0.493 e. The predicted octanol–water partition coefficient (Wildman–Crippen LogP) is 3.45. The molecule has 0 atom stereocenters. The summed E-state index contributed by atoms with van der Waals surface area (Å²) in [5, 5.41) is 6.01. The van der Waals surface area contributed by atoms with E-state index in [0.717, 1.165) is 17.0 Å². The summed E-state index contributed by atoms with van der Waals surface area (Å²) >= 11 is 0. The molecule has 0 aromatic heterocycles. The Hall–Kier alpha value is -2.33. The molecule has 0 aliphatic heterocycles. The lowest BCUT2D eigenvalue weighted by Crippen LogP contribution is -2.27. The number of amides is 1. The minimum absolute atomic E-state index is 0.0676. The maximum absolute atomic E-state index is 12.0. The highest BCUT2D eigenvalue weighted by atomic mass is 16.5. The number of carbonyl (C=O) groups is 1. The fraction of sp³-hybridized carbons (Fsp3) is 0.316. The Morgan fingerprint density at radius 1 is 1.09 bits per heavy atom. The fourth-order valence-corrected chi connectivity index (χ4v) is 2.05. The quantitative estimate of drug-likeness (QED) is 0.785. The number of rotatable bonds is 8. The Morgan fingerprint density at radius 2 is 1.87 bits per heavy atom. The van der Waals surface area contributed by atoms with Gasteiger partial charge < -0.3 is 15.4 Å². The zero-order chi connectivity index (χ0) is 16.5. The molecule has 2 aromatic rings. The Morgan fingerprint density at radius 3 is 2.61 bits per heavy atom. The molecule has 4 heteroatoms. The third-order valence-corrected chi connectivity index (χ3v) is 3.16. The maximum atomic E-state index is 12.0. The molecule has 0 saturated heterocycles. The van der Waals surface area contributed by atoms with Crippen LogP contribution in [0.25, 0.3) is 0 Å². The van der Waals surface area contributed by atoms with Crippen molar-refractivity contribution < 1.29 is 9.53 Å². The van der Waals surface area contributed by atoms with Gasteiger partial charge in [0.25, 0.3) is 0 Å². The molecule has 0 saturated carbocycles. The number of hydrogen-bond acceptors (Lipinski definition) is 3. The smallest absolute Gasteiger partial charge is 0.238 e. The zero-order valence-electron chi connectivity index (χ0n) is 13.7. The van der Waals surface area contributed by atoms with Crippen molar-refractivity contribution in [3.8, 4) is 5.75 Å². The van der Waals surface area contributed by atoms with E-state index in [1.807, 2.05) is 54.6 Å². The van der Waals surface area contributed by atoms with Gasteiger partial charge in [-0.15, -0.1) is 0 Å². The predicted molar refractivity (Wildman–Crippen MR) is 93.6 cm³/mol. The maximum Gasteiger partial charge on any atom is 0.238 e. The van der Waals surface area contributed by atoms with E-state index < -0.39 is 0 Å². The molecule has 2 aromatic carbocycles. The second kappa shape index (κ2) is 8.96. The standard InChI is InChI=1S/C19H24N2O2/c1-15(2)14-23-18-10-6-9-17(11-18)21-19(22)13-20-12-16-7-4-3-5-8-16/h3-11,15,20H,12-14H2,1-2H3,(H,21,22). The molecule has 0 aliphatic rings. The van der Waals surface area contributed by atoms with Gasteiger partial charge in [0.05, 0.1) is 13.2 Å². The minimum Gasteiger partial charge on any atom is -0.493 e. The Bertz CT molecular complexity index is 612. The van der Waals surface area contributed by atoms with Gasteiger partial charge in [0.2, 0.25) is 5.91 Å². The van der Waals surface area contributed by atoms with Crippen LogP contribution in [0.15, 0.2) is 54.6 Å². The summed E-state index contributed by atoms with van der Waals surface area (Å²) in [4.78, 5) is 12.0. The summed E-state index contributed by atoms with van der Waals surface area (Å²) < 4.78 is 5.66. The van der Waals surface area contributed by atoms with Gasteiger partial charge in [-0.1, -0.05) is 50.2 Å². The number of nitrogens with one attached hydrogen (secondary N) is 2. The highest BCUT2D eigenvalue weighted by Gasteiger charge is 2.04. The molecule has 0 bridgehead atoms. The topological polar surface area (TPSA) is 50.4 Å². The van der Waals surface area contributed by atoms with Crippen molar-refractivity contribution in [1.82, 2.24) is 5.32 Å². The van der Waals surface area contributed by atoms with Crippen LogP contribution in [0, 0.1) is 5.92 Å². The van der Waals surface area contributed by atoms with Crippen LogP contribution in [-0.4, -0.2) is 19.1 Å². The molecule has 0 heterocycles. The first-order chi connectivity index (χ1) is 11.1. The third kappa shape index (κ3) is 6.53. The van der Waals surface area contributed by atoms with Gasteiger partial charge in [0.1, 0.15) is 5.75 Å². The number of ether oxygens (including phenoxy) is 1. The van der Waals surface area contributed by atoms with E-state index in [1.54, 1.807) is 0 Å². The van der Waals surface area contributed by atoms with E-state index in [0.29, 0.717) is 19.1 Å². The van der Waals surface area contributed by atoms with Gasteiger partial charge in [-0.2, -0.15) is 0 Å². The lowest BCUT2D eigenvalue weighted by Gasteiger charge is -2.11. The van der Waals surface area contributed by atoms with Crippen LogP contribution in [0.4, 0.5) is 5.69 Å². The van der Waals surface area contributed by atoms with Gasteiger partial charge >= 0.3 is 0 Å². The first-order valence-corrected chi connectivity index (χ1v) is 7.91. The molecule has 0 unspecified atom stereocenters. The molecule has 23 heavy (non-hydrogen) atoms. The normalized spacial score (nSPS) is 10.6. The van der Waals surface area contributed by atoms with E-state index in [-0.39, 0.29) is 12.5 Å². The van der Waals surface area contributed by atoms with E-state index in [1.165, 1.54) is 0 Å². The summed E-state index contributed by atoms with van der Waals surface area (Å²) in [6.07, 6.45) is 0. The summed E-state index contributed by atoms with van der Waals surface area (Å²) in [7, 11) is 0. The first-order valence-electron chi connectivity index (χ1n) is 7.91. The summed E-state index contributed by atoms with van der Waals surface area (Å²) in [5.74, 6) is 1.17. The minimum atomic E-state index is -0.0676. The Labute approximate surface area is 137 Å². The number of anilines is 1. The van der Waals surface area contributed by atoms with Gasteiger partial charge in [0.15, 0.2) is 0 Å². The van der Waals surface area contributed by atoms with Crippen LogP contribution in [0.3, 0.4) is 0 Å². The molecule has 0 fully saturated rings. The molecule has 2 N–H and O–H groups in total. The lowest BCUT2D eigenvalue weighted by molar-refractivity contribution is -0.115. The van der Waals surface area contributed by atoms with Gasteiger partial charge in [-0.05, 0) is 23.6 Å². The first kappa shape index (κ1) is 17.0. The SMILES string of the molecule is CC(C)COc1cccc(NC(=O)CNCc2ccccc2)c1. The molecule has 0 radical (unpaired) electrons. The van der Waals surface area contributed by atoms with E-state index in [2.05, 4.69) is 24.5 Å². The average Bonchev–Trinajstić information content (AvgIpc) is 2.54. The lowest BCUT2D eigenvalue weighted by atomic mass is 10.2. The summed E-state index contributed by atoms with van der Waals surface area (Å²) in [5.41, 5.74) is 1.90. The second-order valence-corrected chi connectivity index (χ2v) is 5.87. The Kier molecular flexibility index (Phi) is 6.63. The average molecular weight is 312 g/mol. The molecule has 4 nitrogen and oxygen atoms in total. The molecule has 2 rings (SSSR count). The van der Waals surface area contributed by atoms with Crippen LogP contribution in [-0.2, 0) is 11.3 Å². The van der Waals surface area contributed by atoms with Gasteiger partial charge in [0, 0.05) is 18.3 Å². The van der Waals surface area contributed by atoms with Gasteiger partial charge in [-0.3, -0.25) is 4.79 Å². The molecular weight excluding hydrogens is 288 g/mol. The Balaban J connectivity index is 1.77. The highest BCUT2D eigenvalue weighted by Crippen LogP contribution is 2.17. The molecule has 1 amide bonds. The van der Waals surface area contributed by atoms with Crippen LogP contribution in [0.1, 0.15) is 19.4 Å². The van der Waals surface area contributed by atoms with Crippen molar-refractivity contribution in [1.29, 1.82) is 0 Å². The van der Waals surface area contributed by atoms with E-state index in [4.69, 9.17) is 4.74 Å². The van der Waals surface area contributed by atoms with Crippen LogP contribution in [0.2, 0.25) is 0 Å². The second-order valence-electron chi connectivity index (χ2n) is 5.87. The van der Waals surface area contributed by atoms with E-state index >= 15 is 0 Å². The van der Waals surface area contributed by atoms with Crippen LogP contribution >= 0.6 is 0 Å². The highest BCUT2D eigenvalue weighted by molar-refractivity contribution is 5.92. The van der Waals surface area contributed by atoms with Crippen molar-refractivity contribution >= 4 is 11.6 Å². The van der Waals surface area contributed by atoms with Crippen molar-refractivity contribution in [2.24, 2.45) is 5.92 Å². The van der Waals surface area contributed by atoms with Crippen molar-refractivity contribution in [3.05, 3.63) is 60.2 Å². The molecule has 0 aliphatic carbocycles. The monoisotopic (exact) mass is 312 g/mol. The molecular formula is C19H24N2O2. The fourth-order valence-electron chi connectivity index (χ4n) is 2.05. The van der Waals surface area contributed by atoms with Crippen LogP contribution in [0.5, 0.6) is 5.75 Å². The van der Waals surface area contributed by atoms with Gasteiger partial charge in [-0.25, -0.2) is 0 Å². The number of benzene rings is 2. The summed E-state index contributed by atoms with van der Waals surface area (Å²) in [6, 6.07) is 17.5. The van der Waals surface area contributed by atoms with Crippen molar-refractivity contribution in [3.63, 3.8) is 0 Å². The third-order valence-electron chi connectivity index (χ3n) is 3.16.